The lowest BCUT2D eigenvalue weighted by Crippen LogP contribution is -2.93. The summed E-state index contributed by atoms with van der Waals surface area (Å²) in [5, 5.41) is 14.4. The van der Waals surface area contributed by atoms with Crippen molar-refractivity contribution in [3.05, 3.63) is 192 Å². The Hall–Kier alpha value is -6.12. The van der Waals surface area contributed by atoms with Gasteiger partial charge >= 0.3 is 0 Å². The fourth-order valence-electron chi connectivity index (χ4n) is 7.06. The first kappa shape index (κ1) is 30.2. The number of hydrogen-bond donors (Lipinski definition) is 1. The van der Waals surface area contributed by atoms with Crippen molar-refractivity contribution in [2.45, 2.75) is 12.3 Å². The van der Waals surface area contributed by atoms with Crippen LogP contribution in [0.15, 0.2) is 175 Å². The molecule has 0 saturated heterocycles. The van der Waals surface area contributed by atoms with Crippen LogP contribution in [0.4, 0.5) is 0 Å². The van der Waals surface area contributed by atoms with Gasteiger partial charge in [0.2, 0.25) is 5.84 Å². The molecule has 4 heteroatoms. The summed E-state index contributed by atoms with van der Waals surface area (Å²) in [7, 11) is 2.17. The Bertz CT molecular complexity index is 2320. The molecule has 2 atom stereocenters. The van der Waals surface area contributed by atoms with E-state index in [4.69, 9.17) is 4.99 Å². The molecule has 0 aromatic heterocycles. The molecule has 7 aromatic rings. The van der Waals surface area contributed by atoms with Gasteiger partial charge in [-0.15, -0.1) is 0 Å². The van der Waals surface area contributed by atoms with Crippen molar-refractivity contribution in [3.8, 4) is 39.4 Å². The zero-order valence-electron chi connectivity index (χ0n) is 27.2. The highest BCUT2D eigenvalue weighted by molar-refractivity contribution is 6.04. The van der Waals surface area contributed by atoms with E-state index in [2.05, 4.69) is 163 Å². The summed E-state index contributed by atoms with van der Waals surface area (Å²) in [5.74, 6) is 1.01. The molecule has 0 bridgehead atoms. The third-order valence-electron chi connectivity index (χ3n) is 9.59. The monoisotopic (exact) mass is 631 g/mol. The van der Waals surface area contributed by atoms with Crippen molar-refractivity contribution in [3.63, 3.8) is 0 Å². The van der Waals surface area contributed by atoms with Gasteiger partial charge in [0, 0.05) is 5.56 Å². The fraction of sp³-hybridized carbons (Fsp3) is 0.0667. The number of nitriles is 1. The smallest absolute Gasteiger partial charge is 0.230 e. The van der Waals surface area contributed by atoms with Crippen LogP contribution in [0.1, 0.15) is 34.6 Å². The summed E-state index contributed by atoms with van der Waals surface area (Å²) in [4.78, 5) is 7.66. The number of quaternary nitrogens is 1. The SMILES string of the molecule is CN1C(c2ccc(-c3c(-c4ccc(-c5ccccc5C#N)cc4)ccc4ccccc34)cc2)N=C(c2ccccc2)[NH2+]C1c1ccccc1. The van der Waals surface area contributed by atoms with Crippen LogP contribution in [0.25, 0.3) is 44.2 Å². The maximum atomic E-state index is 9.66. The highest BCUT2D eigenvalue weighted by atomic mass is 15.4. The second kappa shape index (κ2) is 13.2. The molecule has 0 aliphatic carbocycles. The van der Waals surface area contributed by atoms with Crippen LogP contribution in [0.3, 0.4) is 0 Å². The molecule has 0 fully saturated rings. The highest BCUT2D eigenvalue weighted by Crippen LogP contribution is 2.40. The number of fused-ring (bicyclic) bond motifs is 1. The first-order valence-corrected chi connectivity index (χ1v) is 16.6. The summed E-state index contributed by atoms with van der Waals surface area (Å²) in [6.07, 6.45) is -0.0540. The average molecular weight is 632 g/mol. The molecule has 1 aliphatic heterocycles. The molecule has 7 aromatic carbocycles. The van der Waals surface area contributed by atoms with Gasteiger partial charge in [-0.2, -0.15) is 5.26 Å². The Balaban J connectivity index is 1.19. The third kappa shape index (κ3) is 5.83. The molecule has 0 spiro atoms. The number of nitrogens with zero attached hydrogens (tertiary/aromatic N) is 3. The van der Waals surface area contributed by atoms with Crippen molar-refractivity contribution in [2.75, 3.05) is 7.05 Å². The van der Waals surface area contributed by atoms with Crippen LogP contribution in [-0.4, -0.2) is 17.8 Å². The molecule has 1 heterocycles. The largest absolute Gasteiger partial charge is 0.278 e. The van der Waals surface area contributed by atoms with Gasteiger partial charge in [0.05, 0.1) is 17.2 Å². The van der Waals surface area contributed by atoms with Crippen LogP contribution >= 0.6 is 0 Å². The standard InChI is InChI=1S/C45H34N4/c1-49-44(36-15-6-3-7-16-36)47-43(35-13-4-2-5-14-35)48-45(49)37-26-24-34(25-27-37)42-40-19-11-8-12-31(40)28-29-41(42)33-22-20-32(21-23-33)39-18-10-9-17-38(39)30-46/h2-29,44-45H,1H3,(H,47,48)/p+1. The maximum absolute atomic E-state index is 9.66. The zero-order chi connectivity index (χ0) is 33.2. The van der Waals surface area contributed by atoms with Gasteiger partial charge in [-0.05, 0) is 75.0 Å². The highest BCUT2D eigenvalue weighted by Gasteiger charge is 2.35. The first-order valence-electron chi connectivity index (χ1n) is 16.6. The Kier molecular flexibility index (Phi) is 8.13. The second-order valence-electron chi connectivity index (χ2n) is 12.5. The Labute approximate surface area is 287 Å². The van der Waals surface area contributed by atoms with Crippen molar-refractivity contribution in [1.29, 1.82) is 5.26 Å². The molecule has 49 heavy (non-hydrogen) atoms. The quantitative estimate of drug-likeness (QED) is 0.199. The van der Waals surface area contributed by atoms with Gasteiger partial charge in [-0.3, -0.25) is 5.32 Å². The molecule has 2 N–H and O–H groups in total. The van der Waals surface area contributed by atoms with Crippen molar-refractivity contribution in [1.82, 2.24) is 4.90 Å². The van der Waals surface area contributed by atoms with Gasteiger partial charge in [0.1, 0.15) is 6.17 Å². The molecule has 234 valence electrons. The predicted octanol–water partition coefficient (Wildman–Crippen LogP) is 9.37. The van der Waals surface area contributed by atoms with E-state index in [0.29, 0.717) is 5.56 Å². The van der Waals surface area contributed by atoms with Crippen molar-refractivity contribution < 1.29 is 5.32 Å². The molecular weight excluding hydrogens is 597 g/mol. The summed E-state index contributed by atoms with van der Waals surface area (Å²) >= 11 is 0. The minimum Gasteiger partial charge on any atom is -0.278 e. The van der Waals surface area contributed by atoms with E-state index in [1.807, 2.05) is 30.3 Å². The van der Waals surface area contributed by atoms with E-state index in [9.17, 15) is 5.26 Å². The van der Waals surface area contributed by atoms with Gasteiger partial charge in [0.15, 0.2) is 6.17 Å². The number of rotatable bonds is 6. The third-order valence-corrected chi connectivity index (χ3v) is 9.59. The first-order chi connectivity index (χ1) is 24.2. The van der Waals surface area contributed by atoms with E-state index in [-0.39, 0.29) is 12.3 Å². The van der Waals surface area contributed by atoms with Crippen molar-refractivity contribution >= 4 is 16.6 Å². The van der Waals surface area contributed by atoms with Gasteiger partial charge in [0.25, 0.3) is 0 Å². The number of amidine groups is 1. The van der Waals surface area contributed by atoms with Crippen LogP contribution in [-0.2, 0) is 0 Å². The average Bonchev–Trinajstić information content (AvgIpc) is 3.18. The predicted molar refractivity (Wildman–Crippen MR) is 200 cm³/mol. The normalized spacial score (nSPS) is 16.2. The van der Waals surface area contributed by atoms with Gasteiger partial charge in [-0.25, -0.2) is 9.89 Å². The number of hydrogen-bond acceptors (Lipinski definition) is 3. The minimum absolute atomic E-state index is 0.0892. The van der Waals surface area contributed by atoms with Gasteiger partial charge in [-0.1, -0.05) is 152 Å². The van der Waals surface area contributed by atoms with E-state index in [0.717, 1.165) is 39.2 Å². The van der Waals surface area contributed by atoms with Crippen LogP contribution in [0, 0.1) is 11.3 Å². The van der Waals surface area contributed by atoms with Crippen LogP contribution in [0.2, 0.25) is 0 Å². The molecule has 0 saturated carbocycles. The van der Waals surface area contributed by atoms with E-state index >= 15 is 0 Å². The Morgan fingerprint density at radius 3 is 1.90 bits per heavy atom. The maximum Gasteiger partial charge on any atom is 0.230 e. The van der Waals surface area contributed by atoms with E-state index in [1.165, 1.54) is 27.5 Å². The van der Waals surface area contributed by atoms with E-state index in [1.54, 1.807) is 0 Å². The topological polar surface area (TPSA) is 56.0 Å². The lowest BCUT2D eigenvalue weighted by atomic mass is 9.88. The Morgan fingerprint density at radius 2 is 1.16 bits per heavy atom. The molecule has 4 nitrogen and oxygen atoms in total. The summed E-state index contributed by atoms with van der Waals surface area (Å²) in [6, 6.07) is 61.8. The molecular formula is C45H35N4+. The second-order valence-corrected chi connectivity index (χ2v) is 12.5. The molecule has 2 unspecified atom stereocenters. The molecule has 8 rings (SSSR count). The molecule has 0 radical (unpaired) electrons. The minimum atomic E-state index is -0.143. The van der Waals surface area contributed by atoms with Crippen molar-refractivity contribution in [2.24, 2.45) is 4.99 Å². The summed E-state index contributed by atoms with van der Waals surface area (Å²) in [5.41, 5.74) is 10.8. The lowest BCUT2D eigenvalue weighted by Gasteiger charge is -2.35. The fourth-order valence-corrected chi connectivity index (χ4v) is 7.06. The van der Waals surface area contributed by atoms with Crippen LogP contribution in [0.5, 0.6) is 0 Å². The van der Waals surface area contributed by atoms with Gasteiger partial charge < -0.3 is 0 Å². The number of nitrogens with two attached hydrogens (primary N) is 1. The zero-order valence-corrected chi connectivity index (χ0v) is 27.2. The Morgan fingerprint density at radius 1 is 0.551 bits per heavy atom. The molecule has 1 aliphatic rings. The summed E-state index contributed by atoms with van der Waals surface area (Å²) in [6.45, 7) is 0. The van der Waals surface area contributed by atoms with Crippen LogP contribution < -0.4 is 5.32 Å². The van der Waals surface area contributed by atoms with E-state index < -0.39 is 0 Å². The number of benzene rings is 7. The lowest BCUT2D eigenvalue weighted by molar-refractivity contribution is -0.621. The molecule has 0 amide bonds. The summed E-state index contributed by atoms with van der Waals surface area (Å²) < 4.78 is 0. The number of aliphatic imine (C=N–C) groups is 1.